The summed E-state index contributed by atoms with van der Waals surface area (Å²) >= 11 is 1.11. The first-order valence-corrected chi connectivity index (χ1v) is 8.31. The number of amides is 2. The van der Waals surface area contributed by atoms with Crippen LogP contribution >= 0.6 is 11.3 Å². The molecule has 0 radical (unpaired) electrons. The lowest BCUT2D eigenvalue weighted by Crippen LogP contribution is -2.72. The number of rotatable bonds is 5. The highest BCUT2D eigenvalue weighted by atomic mass is 32.1. The van der Waals surface area contributed by atoms with Gasteiger partial charge < -0.3 is 26.1 Å². The fourth-order valence-electron chi connectivity index (χ4n) is 2.90. The number of nitrogens with zero attached hydrogens (tertiary/aromatic N) is 3. The molecule has 138 valence electrons. The summed E-state index contributed by atoms with van der Waals surface area (Å²) < 4.78 is 0. The number of aliphatic carboxylic acids is 1. The number of fused-ring (bicyclic) bond motifs is 1. The average molecular weight is 381 g/mol. The van der Waals surface area contributed by atoms with E-state index in [2.05, 4.69) is 20.3 Å². The molecule has 2 amide bonds. The first-order valence-electron chi connectivity index (χ1n) is 7.43. The Labute approximate surface area is 150 Å². The van der Waals surface area contributed by atoms with Crippen LogP contribution in [0.2, 0.25) is 0 Å². The van der Waals surface area contributed by atoms with Crippen molar-refractivity contribution >= 4 is 40.0 Å². The Bertz CT molecular complexity index is 834. The third kappa shape index (κ3) is 2.99. The van der Waals surface area contributed by atoms with Crippen LogP contribution in [0.1, 0.15) is 12.1 Å². The van der Waals surface area contributed by atoms with Crippen LogP contribution in [-0.2, 0) is 19.2 Å². The molecule has 1 saturated heterocycles. The van der Waals surface area contributed by atoms with E-state index in [1.54, 1.807) is 0 Å². The number of oxime groups is 1. The van der Waals surface area contributed by atoms with Gasteiger partial charge in [-0.15, -0.1) is 11.3 Å². The molecule has 0 bridgehead atoms. The van der Waals surface area contributed by atoms with Crippen LogP contribution in [0.5, 0.6) is 0 Å². The molecule has 3 rings (SSSR count). The monoisotopic (exact) mass is 381 g/mol. The smallest absolute Gasteiger partial charge is 0.352 e. The molecule has 26 heavy (non-hydrogen) atoms. The maximum absolute atomic E-state index is 12.5. The molecule has 1 aromatic heterocycles. The minimum Gasteiger partial charge on any atom is -0.477 e. The number of β-lactam (4-membered cyclic amide) rings is 1. The number of aliphatic hydroxyl groups is 1. The Kier molecular flexibility index (Phi) is 4.61. The van der Waals surface area contributed by atoms with Crippen molar-refractivity contribution in [2.24, 2.45) is 5.16 Å². The summed E-state index contributed by atoms with van der Waals surface area (Å²) in [5.41, 5.74) is 5.26. The van der Waals surface area contributed by atoms with Gasteiger partial charge in [0.05, 0.1) is 12.1 Å². The van der Waals surface area contributed by atoms with Gasteiger partial charge in [-0.2, -0.15) is 0 Å². The number of thiazole rings is 1. The summed E-state index contributed by atoms with van der Waals surface area (Å²) in [4.78, 5) is 45.7. The highest BCUT2D eigenvalue weighted by Crippen LogP contribution is 2.33. The molecule has 11 nitrogen and oxygen atoms in total. The summed E-state index contributed by atoms with van der Waals surface area (Å²) in [5.74, 6) is -2.64. The lowest BCUT2D eigenvalue weighted by Gasteiger charge is -2.49. The number of carbonyl (C=O) groups excluding carboxylic acids is 2. The first kappa shape index (κ1) is 17.8. The predicted octanol–water partition coefficient (Wildman–Crippen LogP) is -1.50. The number of aliphatic hydroxyl groups excluding tert-OH is 1. The number of hydrogen-bond acceptors (Lipinski definition) is 9. The maximum Gasteiger partial charge on any atom is 0.352 e. The van der Waals surface area contributed by atoms with E-state index in [-0.39, 0.29) is 28.7 Å². The second kappa shape index (κ2) is 6.72. The van der Waals surface area contributed by atoms with E-state index in [9.17, 15) is 19.5 Å². The number of carboxylic acids is 1. The van der Waals surface area contributed by atoms with Crippen LogP contribution in [0.4, 0.5) is 5.13 Å². The average Bonchev–Trinajstić information content (AvgIpc) is 3.02. The Morgan fingerprint density at radius 3 is 2.85 bits per heavy atom. The van der Waals surface area contributed by atoms with Crippen molar-refractivity contribution in [3.63, 3.8) is 0 Å². The van der Waals surface area contributed by atoms with E-state index in [1.807, 2.05) is 0 Å². The number of aromatic nitrogens is 1. The van der Waals surface area contributed by atoms with Crippen molar-refractivity contribution in [1.29, 1.82) is 0 Å². The number of carbonyl (C=O) groups is 3. The van der Waals surface area contributed by atoms with E-state index >= 15 is 0 Å². The van der Waals surface area contributed by atoms with Gasteiger partial charge in [0, 0.05) is 11.8 Å². The number of anilines is 1. The van der Waals surface area contributed by atoms with Gasteiger partial charge in [0.1, 0.15) is 24.5 Å². The van der Waals surface area contributed by atoms with Gasteiger partial charge >= 0.3 is 5.97 Å². The van der Waals surface area contributed by atoms with E-state index in [1.165, 1.54) is 12.5 Å². The second-order valence-electron chi connectivity index (χ2n) is 5.58. The van der Waals surface area contributed by atoms with Crippen molar-refractivity contribution in [3.8, 4) is 0 Å². The lowest BCUT2D eigenvalue weighted by molar-refractivity contribution is -0.156. The Hall–Kier alpha value is -2.99. The molecule has 5 N–H and O–H groups in total. The largest absolute Gasteiger partial charge is 0.477 e. The molecule has 0 aromatic carbocycles. The minimum absolute atomic E-state index is 0.105. The van der Waals surface area contributed by atoms with E-state index in [4.69, 9.17) is 10.8 Å². The molecule has 3 heterocycles. The quantitative estimate of drug-likeness (QED) is 0.272. The minimum atomic E-state index is -1.33. The first-order chi connectivity index (χ1) is 12.3. The molecule has 0 aliphatic carbocycles. The van der Waals surface area contributed by atoms with Crippen molar-refractivity contribution in [2.75, 3.05) is 12.8 Å². The molecule has 2 aliphatic rings. The molecule has 1 unspecified atom stereocenters. The van der Waals surface area contributed by atoms with Gasteiger partial charge in [-0.1, -0.05) is 5.16 Å². The van der Waals surface area contributed by atoms with Crippen LogP contribution < -0.4 is 11.1 Å². The van der Waals surface area contributed by atoms with Crippen LogP contribution in [0, 0.1) is 0 Å². The zero-order valence-electron chi connectivity index (χ0n) is 13.4. The Morgan fingerprint density at radius 1 is 1.54 bits per heavy atom. The summed E-state index contributed by atoms with van der Waals surface area (Å²) in [6.07, 6.45) is 0.179. The van der Waals surface area contributed by atoms with Gasteiger partial charge in [0.15, 0.2) is 10.8 Å². The van der Waals surface area contributed by atoms with Crippen LogP contribution in [0.15, 0.2) is 22.3 Å². The zero-order chi connectivity index (χ0) is 19.0. The SMILES string of the molecule is CON=C(C(=O)N[C@H]1C(=O)N2C(C(=O)O)=C[C@H](O)CC12)c1csc(N)n1. The van der Waals surface area contributed by atoms with Crippen molar-refractivity contribution in [3.05, 3.63) is 22.8 Å². The predicted molar refractivity (Wildman–Crippen MR) is 89.0 cm³/mol. The summed E-state index contributed by atoms with van der Waals surface area (Å²) in [6, 6.07) is -1.65. The van der Waals surface area contributed by atoms with Crippen molar-refractivity contribution in [2.45, 2.75) is 24.6 Å². The molecule has 1 fully saturated rings. The summed E-state index contributed by atoms with van der Waals surface area (Å²) in [6.45, 7) is 0. The number of hydrogen-bond donors (Lipinski definition) is 4. The van der Waals surface area contributed by atoms with Gasteiger partial charge in [-0.25, -0.2) is 9.78 Å². The number of carboxylic acid groups (broad SMARTS) is 1. The van der Waals surface area contributed by atoms with E-state index in [0.29, 0.717) is 0 Å². The van der Waals surface area contributed by atoms with Gasteiger partial charge in [-0.3, -0.25) is 14.5 Å². The van der Waals surface area contributed by atoms with Crippen molar-refractivity contribution in [1.82, 2.24) is 15.2 Å². The van der Waals surface area contributed by atoms with E-state index in [0.717, 1.165) is 22.3 Å². The highest BCUT2D eigenvalue weighted by molar-refractivity contribution is 7.13. The molecule has 3 atom stereocenters. The zero-order valence-corrected chi connectivity index (χ0v) is 14.3. The third-order valence-electron chi connectivity index (χ3n) is 3.98. The number of nitrogens with two attached hydrogens (primary N) is 1. The summed E-state index contributed by atoms with van der Waals surface area (Å²) in [7, 11) is 1.25. The van der Waals surface area contributed by atoms with Gasteiger partial charge in [-0.05, 0) is 6.08 Å². The third-order valence-corrected chi connectivity index (χ3v) is 4.65. The standard InChI is InChI=1S/C14H15N5O6S/c1-25-18-9(6-4-26-14(15)16-6)11(21)17-10-7-2-5(20)3-8(13(23)24)19(7)12(10)22/h3-5,7,10,20H,2H2,1H3,(H2,15,16)(H,17,21)(H,23,24)/t5-,7?,10-/m1/s1. The van der Waals surface area contributed by atoms with Crippen LogP contribution in [0.25, 0.3) is 0 Å². The molecule has 12 heteroatoms. The molecule has 1 aromatic rings. The van der Waals surface area contributed by atoms with Gasteiger partial charge in [0.2, 0.25) is 0 Å². The van der Waals surface area contributed by atoms with Crippen LogP contribution in [-0.4, -0.2) is 68.9 Å². The van der Waals surface area contributed by atoms with Crippen LogP contribution in [0.3, 0.4) is 0 Å². The highest BCUT2D eigenvalue weighted by Gasteiger charge is 2.53. The fourth-order valence-corrected chi connectivity index (χ4v) is 3.44. The normalized spacial score (nSPS) is 25.1. The molecule has 2 aliphatic heterocycles. The topological polar surface area (TPSA) is 167 Å². The van der Waals surface area contributed by atoms with E-state index < -0.39 is 36.0 Å². The maximum atomic E-state index is 12.5. The molecule has 0 saturated carbocycles. The summed E-state index contributed by atoms with van der Waals surface area (Å²) in [5, 5.41) is 26.8. The molecular formula is C14H15N5O6S. The Morgan fingerprint density at radius 2 is 2.27 bits per heavy atom. The fraction of sp³-hybridized carbons (Fsp3) is 0.357. The molecule has 0 spiro atoms. The van der Waals surface area contributed by atoms with Crippen molar-refractivity contribution < 1.29 is 29.4 Å². The second-order valence-corrected chi connectivity index (χ2v) is 6.47. The number of nitrogen functional groups attached to an aromatic ring is 1. The van der Waals surface area contributed by atoms with Gasteiger partial charge in [0.25, 0.3) is 11.8 Å². The molecular weight excluding hydrogens is 366 g/mol. The number of nitrogens with one attached hydrogen (secondary N) is 1. The lowest BCUT2D eigenvalue weighted by atomic mass is 9.85. The Balaban J connectivity index is 1.78.